The highest BCUT2D eigenvalue weighted by Crippen LogP contribution is 2.33. The average molecular weight is 288 g/mol. The summed E-state index contributed by atoms with van der Waals surface area (Å²) in [6.07, 6.45) is 9.66. The van der Waals surface area contributed by atoms with Crippen molar-refractivity contribution in [1.82, 2.24) is 19.8 Å². The van der Waals surface area contributed by atoms with Crippen LogP contribution >= 0.6 is 0 Å². The molecule has 2 atom stereocenters. The first-order chi connectivity index (χ1) is 10.3. The van der Waals surface area contributed by atoms with E-state index in [9.17, 15) is 4.79 Å². The van der Waals surface area contributed by atoms with Crippen molar-refractivity contribution in [2.45, 2.75) is 44.7 Å². The number of fused-ring (bicyclic) bond motifs is 4. The molecule has 21 heavy (non-hydrogen) atoms. The Bertz CT molecular complexity index is 496. The Kier molecular flexibility index (Phi) is 3.45. The SMILES string of the molecule is O=C(C1CCC1)N1C[C@H]2CC[C@@H](C1)N(Cc1ncc[nH]1)C2. The van der Waals surface area contributed by atoms with Gasteiger partial charge in [-0.05, 0) is 31.6 Å². The molecule has 4 heterocycles. The minimum atomic E-state index is 0.334. The third kappa shape index (κ3) is 2.59. The lowest BCUT2D eigenvalue weighted by molar-refractivity contribution is -0.138. The van der Waals surface area contributed by atoms with Gasteiger partial charge in [0.15, 0.2) is 0 Å². The smallest absolute Gasteiger partial charge is 0.225 e. The molecule has 3 aliphatic heterocycles. The summed E-state index contributed by atoms with van der Waals surface area (Å²) in [4.78, 5) is 24.8. The topological polar surface area (TPSA) is 52.2 Å². The molecular formula is C16H24N4O. The predicted octanol–water partition coefficient (Wildman–Crippen LogP) is 1.63. The Hall–Kier alpha value is -1.36. The van der Waals surface area contributed by atoms with Gasteiger partial charge in [-0.2, -0.15) is 0 Å². The quantitative estimate of drug-likeness (QED) is 0.920. The predicted molar refractivity (Wildman–Crippen MR) is 79.4 cm³/mol. The third-order valence-electron chi connectivity index (χ3n) is 5.50. The standard InChI is InChI=1S/C16H24N4O/c21-16(13-2-1-3-13)20-9-12-4-5-14(10-20)19(8-12)11-15-17-6-7-18-15/h6-7,12-14H,1-5,8-11H2,(H,17,18)/t12-,14-/m0/s1. The summed E-state index contributed by atoms with van der Waals surface area (Å²) >= 11 is 0. The molecule has 0 aromatic carbocycles. The van der Waals surface area contributed by atoms with Gasteiger partial charge in [0, 0.05) is 44.0 Å². The van der Waals surface area contributed by atoms with Crippen molar-refractivity contribution < 1.29 is 4.79 Å². The van der Waals surface area contributed by atoms with E-state index >= 15 is 0 Å². The highest BCUT2D eigenvalue weighted by atomic mass is 16.2. The Morgan fingerprint density at radius 3 is 2.86 bits per heavy atom. The number of carbonyl (C=O) groups is 1. The van der Waals surface area contributed by atoms with Crippen LogP contribution in [0.25, 0.3) is 0 Å². The zero-order valence-electron chi connectivity index (χ0n) is 12.5. The summed E-state index contributed by atoms with van der Waals surface area (Å²) in [7, 11) is 0. The molecule has 1 saturated carbocycles. The maximum atomic E-state index is 12.6. The molecule has 1 N–H and O–H groups in total. The fraction of sp³-hybridized carbons (Fsp3) is 0.750. The Morgan fingerprint density at radius 1 is 1.24 bits per heavy atom. The molecule has 0 unspecified atom stereocenters. The van der Waals surface area contributed by atoms with Crippen LogP contribution in [0.4, 0.5) is 0 Å². The molecule has 0 radical (unpaired) electrons. The zero-order chi connectivity index (χ0) is 14.2. The summed E-state index contributed by atoms with van der Waals surface area (Å²) in [5.41, 5.74) is 0. The van der Waals surface area contributed by atoms with Gasteiger partial charge in [-0.15, -0.1) is 0 Å². The van der Waals surface area contributed by atoms with Crippen LogP contribution in [0.15, 0.2) is 12.4 Å². The molecule has 1 aromatic rings. The second kappa shape index (κ2) is 5.44. The molecule has 4 fully saturated rings. The summed E-state index contributed by atoms with van der Waals surface area (Å²) in [5.74, 6) is 2.45. The van der Waals surface area contributed by atoms with Crippen molar-refractivity contribution in [2.24, 2.45) is 11.8 Å². The lowest BCUT2D eigenvalue weighted by atomic mass is 9.84. The van der Waals surface area contributed by atoms with Crippen LogP contribution in [0.5, 0.6) is 0 Å². The van der Waals surface area contributed by atoms with Crippen LogP contribution in [0, 0.1) is 11.8 Å². The average Bonchev–Trinajstić information content (AvgIpc) is 2.75. The van der Waals surface area contributed by atoms with Gasteiger partial charge in [-0.25, -0.2) is 4.98 Å². The maximum Gasteiger partial charge on any atom is 0.225 e. The number of rotatable bonds is 3. The van der Waals surface area contributed by atoms with E-state index in [-0.39, 0.29) is 0 Å². The van der Waals surface area contributed by atoms with Gasteiger partial charge in [-0.3, -0.25) is 9.69 Å². The van der Waals surface area contributed by atoms with Gasteiger partial charge in [-0.1, -0.05) is 6.42 Å². The number of aromatic nitrogens is 2. The number of nitrogens with one attached hydrogen (secondary N) is 1. The van der Waals surface area contributed by atoms with Gasteiger partial charge >= 0.3 is 0 Å². The normalized spacial score (nSPS) is 30.2. The van der Waals surface area contributed by atoms with E-state index in [1.807, 2.05) is 12.4 Å². The number of hydrogen-bond acceptors (Lipinski definition) is 3. The van der Waals surface area contributed by atoms with E-state index < -0.39 is 0 Å². The minimum absolute atomic E-state index is 0.334. The lowest BCUT2D eigenvalue weighted by Crippen LogP contribution is -2.45. The molecule has 5 rings (SSSR count). The van der Waals surface area contributed by atoms with Crippen LogP contribution in [0.2, 0.25) is 0 Å². The van der Waals surface area contributed by atoms with Crippen LogP contribution in [-0.4, -0.2) is 51.4 Å². The van der Waals surface area contributed by atoms with Crippen LogP contribution in [0.3, 0.4) is 0 Å². The largest absolute Gasteiger partial charge is 0.348 e. The second-order valence-electron chi connectivity index (χ2n) is 6.93. The molecule has 5 nitrogen and oxygen atoms in total. The first kappa shape index (κ1) is 13.3. The lowest BCUT2D eigenvalue weighted by Gasteiger charge is -2.35. The molecule has 0 spiro atoms. The summed E-state index contributed by atoms with van der Waals surface area (Å²) < 4.78 is 0. The van der Waals surface area contributed by atoms with Gasteiger partial charge in [0.1, 0.15) is 5.82 Å². The van der Waals surface area contributed by atoms with Crippen molar-refractivity contribution in [3.63, 3.8) is 0 Å². The Labute approximate surface area is 125 Å². The van der Waals surface area contributed by atoms with Crippen molar-refractivity contribution in [2.75, 3.05) is 19.6 Å². The van der Waals surface area contributed by atoms with E-state index in [0.29, 0.717) is 23.8 Å². The van der Waals surface area contributed by atoms with Crippen molar-refractivity contribution in [3.05, 3.63) is 18.2 Å². The molecule has 4 aliphatic rings. The fourth-order valence-electron chi connectivity index (χ4n) is 4.04. The van der Waals surface area contributed by atoms with Crippen molar-refractivity contribution >= 4 is 5.91 Å². The summed E-state index contributed by atoms with van der Waals surface area (Å²) in [6.45, 7) is 3.90. The van der Waals surface area contributed by atoms with Crippen LogP contribution < -0.4 is 0 Å². The Morgan fingerprint density at radius 2 is 2.14 bits per heavy atom. The van der Waals surface area contributed by atoms with Crippen LogP contribution in [-0.2, 0) is 11.3 Å². The van der Waals surface area contributed by atoms with Gasteiger partial charge in [0.2, 0.25) is 5.91 Å². The maximum absolute atomic E-state index is 12.6. The second-order valence-corrected chi connectivity index (χ2v) is 6.93. The number of H-pyrrole nitrogens is 1. The minimum Gasteiger partial charge on any atom is -0.348 e. The van der Waals surface area contributed by atoms with Crippen LogP contribution in [0.1, 0.15) is 37.9 Å². The van der Waals surface area contributed by atoms with E-state index in [1.54, 1.807) is 0 Å². The first-order valence-electron chi connectivity index (χ1n) is 8.30. The number of nitrogens with zero attached hydrogens (tertiary/aromatic N) is 3. The van der Waals surface area contributed by atoms with Crippen molar-refractivity contribution in [3.8, 4) is 0 Å². The van der Waals surface area contributed by atoms with Crippen molar-refractivity contribution in [1.29, 1.82) is 0 Å². The van der Waals surface area contributed by atoms with E-state index in [2.05, 4.69) is 19.8 Å². The monoisotopic (exact) mass is 288 g/mol. The highest BCUT2D eigenvalue weighted by Gasteiger charge is 2.39. The summed E-state index contributed by atoms with van der Waals surface area (Å²) in [5, 5.41) is 0. The zero-order valence-corrected chi connectivity index (χ0v) is 12.5. The molecule has 1 amide bonds. The number of hydrogen-bond donors (Lipinski definition) is 1. The number of amides is 1. The number of aromatic amines is 1. The highest BCUT2D eigenvalue weighted by molar-refractivity contribution is 5.79. The van der Waals surface area contributed by atoms with E-state index in [1.165, 1.54) is 19.3 Å². The molecule has 1 aliphatic carbocycles. The molecule has 3 saturated heterocycles. The fourth-order valence-corrected chi connectivity index (χ4v) is 4.04. The van der Waals surface area contributed by atoms with Gasteiger partial charge in [0.05, 0.1) is 6.54 Å². The number of imidazole rings is 1. The van der Waals surface area contributed by atoms with Gasteiger partial charge < -0.3 is 9.88 Å². The number of piperidine rings is 1. The van der Waals surface area contributed by atoms with Gasteiger partial charge in [0.25, 0.3) is 0 Å². The summed E-state index contributed by atoms with van der Waals surface area (Å²) in [6, 6.07) is 0.512. The number of carbonyl (C=O) groups excluding carboxylic acids is 1. The van der Waals surface area contributed by atoms with E-state index in [0.717, 1.165) is 44.8 Å². The Balaban J connectivity index is 1.45. The van der Waals surface area contributed by atoms with E-state index in [4.69, 9.17) is 0 Å². The molecule has 1 aromatic heterocycles. The molecule has 2 bridgehead atoms. The first-order valence-corrected chi connectivity index (χ1v) is 8.30. The molecular weight excluding hydrogens is 264 g/mol. The molecule has 5 heteroatoms. The third-order valence-corrected chi connectivity index (χ3v) is 5.50. The molecule has 114 valence electrons.